The maximum atomic E-state index is 12.8. The van der Waals surface area contributed by atoms with Gasteiger partial charge in [0.25, 0.3) is 5.91 Å². The van der Waals surface area contributed by atoms with Gasteiger partial charge in [0, 0.05) is 24.2 Å². The molecule has 1 aromatic carbocycles. The van der Waals surface area contributed by atoms with Crippen LogP contribution in [-0.2, 0) is 0 Å². The summed E-state index contributed by atoms with van der Waals surface area (Å²) in [6.07, 6.45) is 1.07. The van der Waals surface area contributed by atoms with Gasteiger partial charge in [-0.25, -0.2) is 0 Å². The number of aromatic nitrogens is 1. The Hall–Kier alpha value is -1.94. The van der Waals surface area contributed by atoms with Crippen molar-refractivity contribution in [2.45, 2.75) is 13.3 Å². The van der Waals surface area contributed by atoms with Gasteiger partial charge in [-0.05, 0) is 45.0 Å². The number of hydrogen-bond donors (Lipinski definition) is 1. The van der Waals surface area contributed by atoms with Crippen LogP contribution in [0.3, 0.4) is 0 Å². The monoisotopic (exact) mass is 283 g/mol. The normalized spacial score (nSPS) is 18.4. The molecule has 1 fully saturated rings. The molecular formula is C17H21N3O. The highest BCUT2D eigenvalue weighted by molar-refractivity contribution is 6.05. The second-order valence-electron chi connectivity index (χ2n) is 5.79. The summed E-state index contributed by atoms with van der Waals surface area (Å²) < 4.78 is 0. The summed E-state index contributed by atoms with van der Waals surface area (Å²) in [6, 6.07) is 9.85. The minimum absolute atomic E-state index is 0.109. The Bertz CT molecular complexity index is 668. The average Bonchev–Trinajstić information content (AvgIpc) is 2.95. The molecule has 1 aromatic heterocycles. The third kappa shape index (κ3) is 2.76. The topological polar surface area (TPSA) is 45.2 Å². The van der Waals surface area contributed by atoms with Crippen molar-refractivity contribution in [3.8, 4) is 0 Å². The van der Waals surface area contributed by atoms with E-state index in [1.807, 2.05) is 49.2 Å². The zero-order valence-corrected chi connectivity index (χ0v) is 12.6. The van der Waals surface area contributed by atoms with E-state index in [9.17, 15) is 4.79 Å². The Balaban J connectivity index is 1.90. The second kappa shape index (κ2) is 5.82. The molecule has 1 atom stereocenters. The number of benzene rings is 1. The molecule has 1 aliphatic rings. The Morgan fingerprint density at radius 1 is 1.38 bits per heavy atom. The van der Waals surface area contributed by atoms with Gasteiger partial charge in [0.2, 0.25) is 0 Å². The lowest BCUT2D eigenvalue weighted by Crippen LogP contribution is -2.30. The quantitative estimate of drug-likeness (QED) is 0.939. The molecule has 3 rings (SSSR count). The Labute approximate surface area is 125 Å². The van der Waals surface area contributed by atoms with E-state index in [1.54, 1.807) is 0 Å². The van der Waals surface area contributed by atoms with Crippen LogP contribution in [-0.4, -0.2) is 42.5 Å². The fourth-order valence-electron chi connectivity index (χ4n) is 3.06. The molecule has 4 nitrogen and oxygen atoms in total. The number of aryl methyl sites for hydroxylation is 1. The maximum Gasteiger partial charge on any atom is 0.256 e. The summed E-state index contributed by atoms with van der Waals surface area (Å²) >= 11 is 0. The molecular weight excluding hydrogens is 262 g/mol. The zero-order valence-electron chi connectivity index (χ0n) is 12.6. The van der Waals surface area contributed by atoms with Crippen molar-refractivity contribution in [1.82, 2.24) is 15.2 Å². The smallest absolute Gasteiger partial charge is 0.256 e. The number of likely N-dealkylation sites (tertiary alicyclic amines) is 1. The third-order valence-electron chi connectivity index (χ3n) is 4.16. The van der Waals surface area contributed by atoms with Crippen LogP contribution in [0, 0.1) is 12.8 Å². The summed E-state index contributed by atoms with van der Waals surface area (Å²) in [5, 5.41) is 4.22. The lowest BCUT2D eigenvalue weighted by Gasteiger charge is -2.17. The van der Waals surface area contributed by atoms with E-state index in [1.165, 1.54) is 0 Å². The molecule has 0 saturated carbocycles. The molecule has 1 aliphatic heterocycles. The summed E-state index contributed by atoms with van der Waals surface area (Å²) in [5.41, 5.74) is 2.48. The Kier molecular flexibility index (Phi) is 3.88. The van der Waals surface area contributed by atoms with Crippen molar-refractivity contribution in [2.75, 3.05) is 26.7 Å². The first-order valence-electron chi connectivity index (χ1n) is 7.49. The number of rotatable bonds is 3. The minimum atomic E-state index is 0.109. The molecule has 0 unspecified atom stereocenters. The van der Waals surface area contributed by atoms with Crippen LogP contribution in [0.15, 0.2) is 30.3 Å². The molecule has 21 heavy (non-hydrogen) atoms. The number of para-hydroxylation sites is 1. The molecule has 1 N–H and O–H groups in total. The first-order chi connectivity index (χ1) is 10.2. The number of amides is 1. The fourth-order valence-corrected chi connectivity index (χ4v) is 3.06. The van der Waals surface area contributed by atoms with Crippen LogP contribution in [0.25, 0.3) is 10.9 Å². The van der Waals surface area contributed by atoms with Gasteiger partial charge >= 0.3 is 0 Å². The second-order valence-corrected chi connectivity index (χ2v) is 5.79. The number of fused-ring (bicyclic) bond motifs is 1. The van der Waals surface area contributed by atoms with Gasteiger partial charge in [-0.2, -0.15) is 0 Å². The number of carbonyl (C=O) groups is 1. The largest absolute Gasteiger partial charge is 0.338 e. The SMILES string of the molecule is CNC[C@@H]1CCN(C(=O)c2cccc3ccc(C)nc23)C1. The molecule has 0 bridgehead atoms. The molecule has 0 spiro atoms. The molecule has 1 amide bonds. The van der Waals surface area contributed by atoms with E-state index < -0.39 is 0 Å². The van der Waals surface area contributed by atoms with Crippen molar-refractivity contribution in [3.05, 3.63) is 41.6 Å². The molecule has 4 heteroatoms. The summed E-state index contributed by atoms with van der Waals surface area (Å²) in [4.78, 5) is 19.3. The van der Waals surface area contributed by atoms with E-state index in [0.717, 1.165) is 48.2 Å². The Morgan fingerprint density at radius 2 is 2.24 bits per heavy atom. The standard InChI is InChI=1S/C17H21N3O/c1-12-6-7-14-4-3-5-15(16(14)19-12)17(21)20-9-8-13(11-20)10-18-2/h3-7,13,18H,8-11H2,1-2H3/t13-/m0/s1. The van der Waals surface area contributed by atoms with Crippen LogP contribution < -0.4 is 5.32 Å². The summed E-state index contributed by atoms with van der Waals surface area (Å²) in [7, 11) is 1.96. The average molecular weight is 283 g/mol. The summed E-state index contributed by atoms with van der Waals surface area (Å²) in [6.45, 7) is 4.60. The molecule has 0 radical (unpaired) electrons. The highest BCUT2D eigenvalue weighted by Crippen LogP contribution is 2.22. The lowest BCUT2D eigenvalue weighted by molar-refractivity contribution is 0.0789. The van der Waals surface area contributed by atoms with Crippen molar-refractivity contribution >= 4 is 16.8 Å². The van der Waals surface area contributed by atoms with Crippen molar-refractivity contribution in [3.63, 3.8) is 0 Å². The molecule has 2 aromatic rings. The van der Waals surface area contributed by atoms with Gasteiger partial charge in [0.1, 0.15) is 0 Å². The molecule has 2 heterocycles. The third-order valence-corrected chi connectivity index (χ3v) is 4.16. The van der Waals surface area contributed by atoms with Gasteiger partial charge in [-0.15, -0.1) is 0 Å². The van der Waals surface area contributed by atoms with Crippen LogP contribution >= 0.6 is 0 Å². The highest BCUT2D eigenvalue weighted by atomic mass is 16.2. The maximum absolute atomic E-state index is 12.8. The van der Waals surface area contributed by atoms with Crippen LogP contribution in [0.2, 0.25) is 0 Å². The van der Waals surface area contributed by atoms with E-state index in [2.05, 4.69) is 10.3 Å². The van der Waals surface area contributed by atoms with Gasteiger partial charge in [0.15, 0.2) is 0 Å². The van der Waals surface area contributed by atoms with Gasteiger partial charge in [0.05, 0.1) is 11.1 Å². The van der Waals surface area contributed by atoms with Crippen molar-refractivity contribution < 1.29 is 4.79 Å². The van der Waals surface area contributed by atoms with E-state index in [0.29, 0.717) is 5.92 Å². The number of carbonyl (C=O) groups excluding carboxylic acids is 1. The first-order valence-corrected chi connectivity index (χ1v) is 7.49. The van der Waals surface area contributed by atoms with E-state index in [4.69, 9.17) is 0 Å². The number of nitrogens with one attached hydrogen (secondary N) is 1. The number of hydrogen-bond acceptors (Lipinski definition) is 3. The fraction of sp³-hybridized carbons (Fsp3) is 0.412. The highest BCUT2D eigenvalue weighted by Gasteiger charge is 2.27. The molecule has 1 saturated heterocycles. The Morgan fingerprint density at radius 3 is 3.05 bits per heavy atom. The van der Waals surface area contributed by atoms with E-state index >= 15 is 0 Å². The van der Waals surface area contributed by atoms with Gasteiger partial charge < -0.3 is 10.2 Å². The van der Waals surface area contributed by atoms with Gasteiger partial charge in [-0.1, -0.05) is 18.2 Å². The van der Waals surface area contributed by atoms with E-state index in [-0.39, 0.29) is 5.91 Å². The van der Waals surface area contributed by atoms with Crippen molar-refractivity contribution in [2.24, 2.45) is 5.92 Å². The first kappa shape index (κ1) is 14.0. The number of nitrogens with zero attached hydrogens (tertiary/aromatic N) is 2. The summed E-state index contributed by atoms with van der Waals surface area (Å²) in [5.74, 6) is 0.668. The number of pyridine rings is 1. The lowest BCUT2D eigenvalue weighted by atomic mass is 10.1. The minimum Gasteiger partial charge on any atom is -0.338 e. The predicted molar refractivity (Wildman–Crippen MR) is 84.4 cm³/mol. The molecule has 110 valence electrons. The van der Waals surface area contributed by atoms with Crippen LogP contribution in [0.4, 0.5) is 0 Å². The zero-order chi connectivity index (χ0) is 14.8. The van der Waals surface area contributed by atoms with Gasteiger partial charge in [-0.3, -0.25) is 9.78 Å². The molecule has 0 aliphatic carbocycles. The van der Waals surface area contributed by atoms with Crippen molar-refractivity contribution in [1.29, 1.82) is 0 Å². The van der Waals surface area contributed by atoms with Crippen LogP contribution in [0.5, 0.6) is 0 Å². The van der Waals surface area contributed by atoms with Crippen LogP contribution in [0.1, 0.15) is 22.5 Å². The predicted octanol–water partition coefficient (Wildman–Crippen LogP) is 2.22.